The molecule has 0 saturated heterocycles. The average Bonchev–Trinajstić information content (AvgIpc) is 3.00. The molecule has 25 heavy (non-hydrogen) atoms. The monoisotopic (exact) mass is 335 g/mol. The smallest absolute Gasteiger partial charge is 0.137 e. The van der Waals surface area contributed by atoms with Gasteiger partial charge in [-0.3, -0.25) is 0 Å². The average molecular weight is 335 g/mol. The molecule has 130 valence electrons. The van der Waals surface area contributed by atoms with Crippen LogP contribution in [0.3, 0.4) is 0 Å². The highest BCUT2D eigenvalue weighted by Crippen LogP contribution is 2.39. The molecule has 4 heteroatoms. The molecule has 1 aromatic carbocycles. The van der Waals surface area contributed by atoms with Crippen LogP contribution in [0.2, 0.25) is 0 Å². The lowest BCUT2D eigenvalue weighted by molar-refractivity contribution is 0.265. The van der Waals surface area contributed by atoms with E-state index in [2.05, 4.69) is 61.0 Å². The van der Waals surface area contributed by atoms with Gasteiger partial charge in [-0.1, -0.05) is 0 Å². The van der Waals surface area contributed by atoms with Crippen molar-refractivity contribution in [3.8, 4) is 16.9 Å². The third-order valence-corrected chi connectivity index (χ3v) is 5.33. The number of pyridine rings is 1. The predicted octanol–water partition coefficient (Wildman–Crippen LogP) is 4.49. The van der Waals surface area contributed by atoms with E-state index in [4.69, 9.17) is 4.74 Å². The van der Waals surface area contributed by atoms with Crippen molar-refractivity contribution in [2.24, 2.45) is 0 Å². The number of hydrogen-bond acceptors (Lipinski definition) is 3. The third kappa shape index (κ3) is 2.81. The first-order valence-corrected chi connectivity index (χ1v) is 8.94. The van der Waals surface area contributed by atoms with Gasteiger partial charge in [0, 0.05) is 34.9 Å². The Balaban J connectivity index is 1.88. The van der Waals surface area contributed by atoms with Crippen LogP contribution >= 0.6 is 0 Å². The van der Waals surface area contributed by atoms with Crippen molar-refractivity contribution in [2.45, 2.75) is 32.7 Å². The van der Waals surface area contributed by atoms with Crippen molar-refractivity contribution in [1.29, 1.82) is 0 Å². The van der Waals surface area contributed by atoms with Crippen LogP contribution in [0.4, 0.5) is 0 Å². The lowest BCUT2D eigenvalue weighted by atomic mass is 9.92. The number of aromatic amines is 1. The molecule has 0 saturated carbocycles. The van der Waals surface area contributed by atoms with Crippen LogP contribution in [0.1, 0.15) is 36.1 Å². The molecule has 0 aliphatic carbocycles. The lowest BCUT2D eigenvalue weighted by Crippen LogP contribution is -2.20. The molecule has 4 nitrogen and oxygen atoms in total. The molecule has 1 unspecified atom stereocenters. The minimum absolute atomic E-state index is 0.303. The van der Waals surface area contributed by atoms with Gasteiger partial charge in [0.25, 0.3) is 0 Å². The second-order valence-electron chi connectivity index (χ2n) is 7.24. The SMILES string of the molecule is Cc1c[nH]c2ncc(-c3cc4c(c(C(C)N(C)C)c3)OCCC4)cc12. The summed E-state index contributed by atoms with van der Waals surface area (Å²) in [5.74, 6) is 1.09. The summed E-state index contributed by atoms with van der Waals surface area (Å²) in [7, 11) is 4.23. The molecule has 3 heterocycles. The molecule has 0 spiro atoms. The Morgan fingerprint density at radius 2 is 2.04 bits per heavy atom. The van der Waals surface area contributed by atoms with E-state index >= 15 is 0 Å². The van der Waals surface area contributed by atoms with E-state index in [9.17, 15) is 0 Å². The molecule has 1 N–H and O–H groups in total. The van der Waals surface area contributed by atoms with Crippen LogP contribution in [0.15, 0.2) is 30.6 Å². The molecule has 0 bridgehead atoms. The minimum Gasteiger partial charge on any atom is -0.493 e. The van der Waals surface area contributed by atoms with Gasteiger partial charge in [0.05, 0.1) is 6.61 Å². The fourth-order valence-corrected chi connectivity index (χ4v) is 3.56. The molecule has 4 rings (SSSR count). The van der Waals surface area contributed by atoms with Crippen molar-refractivity contribution < 1.29 is 4.74 Å². The summed E-state index contributed by atoms with van der Waals surface area (Å²) in [6.07, 6.45) is 6.14. The number of nitrogens with one attached hydrogen (secondary N) is 1. The molecule has 0 amide bonds. The van der Waals surface area contributed by atoms with Gasteiger partial charge in [-0.25, -0.2) is 4.98 Å². The Labute approximate surface area is 148 Å². The van der Waals surface area contributed by atoms with E-state index in [0.717, 1.165) is 36.4 Å². The van der Waals surface area contributed by atoms with Crippen molar-refractivity contribution in [3.63, 3.8) is 0 Å². The van der Waals surface area contributed by atoms with Crippen LogP contribution in [-0.2, 0) is 6.42 Å². The zero-order valence-corrected chi connectivity index (χ0v) is 15.4. The fraction of sp³-hybridized carbons (Fsp3) is 0.381. The van der Waals surface area contributed by atoms with Crippen LogP contribution in [0, 0.1) is 6.92 Å². The van der Waals surface area contributed by atoms with Gasteiger partial charge < -0.3 is 14.6 Å². The number of benzene rings is 1. The summed E-state index contributed by atoms with van der Waals surface area (Å²) in [5, 5.41) is 1.19. The van der Waals surface area contributed by atoms with Crippen molar-refractivity contribution in [1.82, 2.24) is 14.9 Å². The summed E-state index contributed by atoms with van der Waals surface area (Å²) < 4.78 is 6.05. The molecule has 3 aromatic rings. The maximum atomic E-state index is 6.05. The molecular formula is C21H25N3O. The number of H-pyrrole nitrogens is 1. The molecule has 0 fully saturated rings. The lowest BCUT2D eigenvalue weighted by Gasteiger charge is -2.28. The molecule has 1 aliphatic heterocycles. The number of fused-ring (bicyclic) bond motifs is 2. The number of hydrogen-bond donors (Lipinski definition) is 1. The maximum Gasteiger partial charge on any atom is 0.137 e. The summed E-state index contributed by atoms with van der Waals surface area (Å²) >= 11 is 0. The number of rotatable bonds is 3. The zero-order valence-electron chi connectivity index (χ0n) is 15.4. The highest BCUT2D eigenvalue weighted by molar-refractivity contribution is 5.84. The zero-order chi connectivity index (χ0) is 17.6. The summed E-state index contributed by atoms with van der Waals surface area (Å²) in [5.41, 5.74) is 7.15. The first kappa shape index (κ1) is 16.2. The summed E-state index contributed by atoms with van der Waals surface area (Å²) in [6.45, 7) is 5.16. The van der Waals surface area contributed by atoms with Crippen molar-refractivity contribution in [2.75, 3.05) is 20.7 Å². The Kier molecular flexibility index (Phi) is 4.00. The van der Waals surface area contributed by atoms with E-state index in [-0.39, 0.29) is 0 Å². The second-order valence-corrected chi connectivity index (χ2v) is 7.24. The van der Waals surface area contributed by atoms with E-state index in [1.165, 1.54) is 27.6 Å². The van der Waals surface area contributed by atoms with Crippen LogP contribution in [-0.4, -0.2) is 35.6 Å². The van der Waals surface area contributed by atoms with E-state index in [1.807, 2.05) is 12.4 Å². The standard InChI is InChI=1S/C21H25N3O/c1-13-11-22-21-18(13)10-17(12-23-21)16-8-15-6-5-7-25-20(15)19(9-16)14(2)24(3)4/h8-12,14H,5-7H2,1-4H3,(H,22,23). The number of ether oxygens (including phenoxy) is 1. The van der Waals surface area contributed by atoms with Gasteiger partial charge in [0.1, 0.15) is 11.4 Å². The molecule has 2 aromatic heterocycles. The van der Waals surface area contributed by atoms with Crippen LogP contribution in [0.5, 0.6) is 5.75 Å². The van der Waals surface area contributed by atoms with Gasteiger partial charge >= 0.3 is 0 Å². The fourth-order valence-electron chi connectivity index (χ4n) is 3.56. The number of nitrogens with zero attached hydrogens (tertiary/aromatic N) is 2. The summed E-state index contributed by atoms with van der Waals surface area (Å²) in [6, 6.07) is 7.10. The van der Waals surface area contributed by atoms with Gasteiger partial charge in [-0.05, 0) is 75.7 Å². The Morgan fingerprint density at radius 1 is 1.20 bits per heavy atom. The van der Waals surface area contributed by atoms with Crippen LogP contribution in [0.25, 0.3) is 22.2 Å². The Bertz CT molecular complexity index is 926. The number of aromatic nitrogens is 2. The van der Waals surface area contributed by atoms with E-state index < -0.39 is 0 Å². The first-order valence-electron chi connectivity index (χ1n) is 8.94. The Hall–Kier alpha value is -2.33. The molecule has 1 aliphatic rings. The van der Waals surface area contributed by atoms with Gasteiger partial charge in [-0.2, -0.15) is 0 Å². The predicted molar refractivity (Wildman–Crippen MR) is 102 cm³/mol. The normalized spacial score (nSPS) is 15.2. The molecule has 1 atom stereocenters. The van der Waals surface area contributed by atoms with Crippen LogP contribution < -0.4 is 4.74 Å². The van der Waals surface area contributed by atoms with Gasteiger partial charge in [0.2, 0.25) is 0 Å². The third-order valence-electron chi connectivity index (χ3n) is 5.33. The van der Waals surface area contributed by atoms with Gasteiger partial charge in [0.15, 0.2) is 0 Å². The maximum absolute atomic E-state index is 6.05. The second kappa shape index (κ2) is 6.19. The highest BCUT2D eigenvalue weighted by atomic mass is 16.5. The molecular weight excluding hydrogens is 310 g/mol. The first-order chi connectivity index (χ1) is 12.0. The van der Waals surface area contributed by atoms with Crippen molar-refractivity contribution >= 4 is 11.0 Å². The minimum atomic E-state index is 0.303. The quantitative estimate of drug-likeness (QED) is 0.767. The van der Waals surface area contributed by atoms with E-state index in [1.54, 1.807) is 0 Å². The Morgan fingerprint density at radius 3 is 2.84 bits per heavy atom. The highest BCUT2D eigenvalue weighted by Gasteiger charge is 2.21. The topological polar surface area (TPSA) is 41.2 Å². The van der Waals surface area contributed by atoms with Crippen molar-refractivity contribution in [3.05, 3.63) is 47.3 Å². The largest absolute Gasteiger partial charge is 0.493 e. The molecule has 0 radical (unpaired) electrons. The summed E-state index contributed by atoms with van der Waals surface area (Å²) in [4.78, 5) is 10.1. The van der Waals surface area contributed by atoms with Gasteiger partial charge in [-0.15, -0.1) is 0 Å². The number of aryl methyl sites for hydroxylation is 2. The van der Waals surface area contributed by atoms with E-state index in [0.29, 0.717) is 6.04 Å².